The van der Waals surface area contributed by atoms with Crippen molar-refractivity contribution in [2.45, 2.75) is 19.4 Å². The van der Waals surface area contributed by atoms with Gasteiger partial charge in [0.15, 0.2) is 9.84 Å². The molecule has 2 heterocycles. The van der Waals surface area contributed by atoms with Gasteiger partial charge in [-0.25, -0.2) is 12.8 Å². The lowest BCUT2D eigenvalue weighted by Crippen LogP contribution is -2.26. The van der Waals surface area contributed by atoms with E-state index < -0.39 is 9.84 Å². The average Bonchev–Trinajstić information content (AvgIpc) is 2.66. The zero-order valence-electron chi connectivity index (χ0n) is 10.3. The number of hydrogen-bond acceptors (Lipinski definition) is 4. The number of pyridine rings is 1. The molecule has 0 aliphatic carbocycles. The summed E-state index contributed by atoms with van der Waals surface area (Å²) in [6, 6.07) is 1.41. The summed E-state index contributed by atoms with van der Waals surface area (Å²) >= 11 is 0. The molecule has 2 rings (SSSR count). The number of nitrogens with one attached hydrogen (secondary N) is 1. The number of halogens is 1. The van der Waals surface area contributed by atoms with Gasteiger partial charge in [-0.15, -0.1) is 0 Å². The van der Waals surface area contributed by atoms with E-state index in [9.17, 15) is 12.8 Å². The summed E-state index contributed by atoms with van der Waals surface area (Å²) in [5.41, 5.74) is 0.774. The Morgan fingerprint density at radius 1 is 1.56 bits per heavy atom. The van der Waals surface area contributed by atoms with Crippen molar-refractivity contribution in [2.75, 3.05) is 18.1 Å². The van der Waals surface area contributed by atoms with E-state index in [1.807, 2.05) is 6.92 Å². The van der Waals surface area contributed by atoms with Gasteiger partial charge in [0.1, 0.15) is 5.82 Å². The molecule has 1 N–H and O–H groups in total. The van der Waals surface area contributed by atoms with E-state index in [4.69, 9.17) is 0 Å². The fraction of sp³-hybridized carbons (Fsp3) is 0.583. The van der Waals surface area contributed by atoms with Gasteiger partial charge in [-0.1, -0.05) is 0 Å². The molecular weight excluding hydrogens is 255 g/mol. The molecule has 0 amide bonds. The van der Waals surface area contributed by atoms with Crippen molar-refractivity contribution in [3.05, 3.63) is 29.8 Å². The van der Waals surface area contributed by atoms with Crippen molar-refractivity contribution in [2.24, 2.45) is 5.92 Å². The fourth-order valence-corrected chi connectivity index (χ4v) is 4.02. The van der Waals surface area contributed by atoms with Crippen molar-refractivity contribution in [1.29, 1.82) is 0 Å². The summed E-state index contributed by atoms with van der Waals surface area (Å²) < 4.78 is 35.6. The molecule has 18 heavy (non-hydrogen) atoms. The van der Waals surface area contributed by atoms with Crippen LogP contribution < -0.4 is 5.32 Å². The Morgan fingerprint density at radius 3 is 2.94 bits per heavy atom. The van der Waals surface area contributed by atoms with Gasteiger partial charge < -0.3 is 5.32 Å². The summed E-state index contributed by atoms with van der Waals surface area (Å²) in [5, 5.41) is 3.23. The van der Waals surface area contributed by atoms with Crippen molar-refractivity contribution >= 4 is 9.84 Å². The van der Waals surface area contributed by atoms with Gasteiger partial charge in [-0.3, -0.25) is 4.98 Å². The van der Waals surface area contributed by atoms with Gasteiger partial charge in [-0.2, -0.15) is 0 Å². The summed E-state index contributed by atoms with van der Waals surface area (Å²) in [7, 11) is -2.83. The molecule has 1 aliphatic rings. The van der Waals surface area contributed by atoms with E-state index in [-0.39, 0.29) is 29.3 Å². The lowest BCUT2D eigenvalue weighted by Gasteiger charge is -2.16. The first-order chi connectivity index (χ1) is 8.46. The van der Waals surface area contributed by atoms with E-state index in [0.29, 0.717) is 13.0 Å². The number of aromatic nitrogens is 1. The molecule has 4 nitrogen and oxygen atoms in total. The Kier molecular flexibility index (Phi) is 3.97. The predicted octanol–water partition coefficient (Wildman–Crippen LogP) is 1.31. The molecule has 1 aromatic rings. The summed E-state index contributed by atoms with van der Waals surface area (Å²) in [4.78, 5) is 3.80. The Labute approximate surface area is 107 Å². The van der Waals surface area contributed by atoms with Crippen LogP contribution in [0.5, 0.6) is 0 Å². The first-order valence-corrected chi connectivity index (χ1v) is 7.83. The Hall–Kier alpha value is -1.01. The van der Waals surface area contributed by atoms with Gasteiger partial charge in [0.2, 0.25) is 0 Å². The molecule has 0 bridgehead atoms. The minimum atomic E-state index is -2.83. The normalized spacial score (nSPS) is 24.0. The highest BCUT2D eigenvalue weighted by Gasteiger charge is 2.27. The highest BCUT2D eigenvalue weighted by atomic mass is 32.2. The molecule has 2 atom stereocenters. The third kappa shape index (κ3) is 3.49. The second kappa shape index (κ2) is 5.32. The maximum absolute atomic E-state index is 13.0. The molecular formula is C12H17FN2O2S. The molecule has 0 spiro atoms. The van der Waals surface area contributed by atoms with E-state index in [1.54, 1.807) is 6.20 Å². The second-order valence-electron chi connectivity index (χ2n) is 4.84. The molecule has 1 aromatic heterocycles. The van der Waals surface area contributed by atoms with Crippen LogP contribution in [0.3, 0.4) is 0 Å². The maximum atomic E-state index is 13.0. The zero-order valence-corrected chi connectivity index (χ0v) is 11.1. The number of rotatable bonds is 4. The van der Waals surface area contributed by atoms with Crippen LogP contribution in [0.25, 0.3) is 0 Å². The highest BCUT2D eigenvalue weighted by Crippen LogP contribution is 2.19. The molecule has 1 fully saturated rings. The average molecular weight is 272 g/mol. The fourth-order valence-electron chi connectivity index (χ4n) is 2.16. The zero-order chi connectivity index (χ0) is 13.2. The topological polar surface area (TPSA) is 59.1 Å². The quantitative estimate of drug-likeness (QED) is 0.897. The predicted molar refractivity (Wildman–Crippen MR) is 67.4 cm³/mol. The van der Waals surface area contributed by atoms with E-state index in [2.05, 4.69) is 10.3 Å². The Balaban J connectivity index is 1.87. The molecule has 100 valence electrons. The Bertz CT molecular complexity index is 519. The lowest BCUT2D eigenvalue weighted by molar-refractivity contribution is 0.474. The largest absolute Gasteiger partial charge is 0.310 e. The molecule has 6 heteroatoms. The SMILES string of the molecule is CC(NCC1CCS(=O)(=O)C1)c1cncc(F)c1. The van der Waals surface area contributed by atoms with E-state index in [0.717, 1.165) is 5.56 Å². The van der Waals surface area contributed by atoms with Crippen LogP contribution in [0.1, 0.15) is 24.9 Å². The first-order valence-electron chi connectivity index (χ1n) is 6.00. The highest BCUT2D eigenvalue weighted by molar-refractivity contribution is 7.91. The number of hydrogen-bond donors (Lipinski definition) is 1. The van der Waals surface area contributed by atoms with Crippen LogP contribution in [-0.2, 0) is 9.84 Å². The molecule has 2 unspecified atom stereocenters. The summed E-state index contributed by atoms with van der Waals surface area (Å²) in [6.07, 6.45) is 3.50. The van der Waals surface area contributed by atoms with Gasteiger partial charge in [0, 0.05) is 12.2 Å². The maximum Gasteiger partial charge on any atom is 0.150 e. The summed E-state index contributed by atoms with van der Waals surface area (Å²) in [6.45, 7) is 2.55. The van der Waals surface area contributed by atoms with Crippen LogP contribution in [0.15, 0.2) is 18.5 Å². The third-order valence-electron chi connectivity index (χ3n) is 3.27. The minimum Gasteiger partial charge on any atom is -0.310 e. The van der Waals surface area contributed by atoms with Crippen LogP contribution >= 0.6 is 0 Å². The van der Waals surface area contributed by atoms with Crippen molar-refractivity contribution in [3.8, 4) is 0 Å². The third-order valence-corrected chi connectivity index (χ3v) is 5.10. The molecule has 1 aliphatic heterocycles. The van der Waals surface area contributed by atoms with Crippen molar-refractivity contribution < 1.29 is 12.8 Å². The molecule has 0 radical (unpaired) electrons. The van der Waals surface area contributed by atoms with Crippen LogP contribution in [0.4, 0.5) is 4.39 Å². The minimum absolute atomic E-state index is 0.0310. The van der Waals surface area contributed by atoms with Crippen LogP contribution in [0, 0.1) is 11.7 Å². The Morgan fingerprint density at radius 2 is 2.33 bits per heavy atom. The van der Waals surface area contributed by atoms with Gasteiger partial charge in [-0.05, 0) is 37.4 Å². The molecule has 1 saturated heterocycles. The summed E-state index contributed by atoms with van der Waals surface area (Å²) in [5.74, 6) is 0.354. The van der Waals surface area contributed by atoms with Crippen molar-refractivity contribution in [3.63, 3.8) is 0 Å². The van der Waals surface area contributed by atoms with E-state index in [1.165, 1.54) is 12.3 Å². The standard InChI is InChI=1S/C12H17FN2O2S/c1-9(11-4-12(13)7-14-6-11)15-5-10-2-3-18(16,17)8-10/h4,6-7,9-10,15H,2-3,5,8H2,1H3. The number of sulfone groups is 1. The lowest BCUT2D eigenvalue weighted by atomic mass is 10.1. The smallest absolute Gasteiger partial charge is 0.150 e. The number of nitrogens with zero attached hydrogens (tertiary/aromatic N) is 1. The van der Waals surface area contributed by atoms with E-state index >= 15 is 0 Å². The second-order valence-corrected chi connectivity index (χ2v) is 7.06. The van der Waals surface area contributed by atoms with Gasteiger partial charge in [0.25, 0.3) is 0 Å². The molecule has 0 saturated carbocycles. The molecule has 0 aromatic carbocycles. The van der Waals surface area contributed by atoms with Crippen molar-refractivity contribution in [1.82, 2.24) is 10.3 Å². The van der Waals surface area contributed by atoms with Crippen LogP contribution in [0.2, 0.25) is 0 Å². The van der Waals surface area contributed by atoms with Gasteiger partial charge in [0.05, 0.1) is 17.7 Å². The monoisotopic (exact) mass is 272 g/mol. The van der Waals surface area contributed by atoms with Crippen LogP contribution in [-0.4, -0.2) is 31.5 Å². The van der Waals surface area contributed by atoms with Gasteiger partial charge >= 0.3 is 0 Å². The first kappa shape index (κ1) is 13.4.